The summed E-state index contributed by atoms with van der Waals surface area (Å²) >= 11 is 0. The van der Waals surface area contributed by atoms with Crippen LogP contribution in [0.4, 0.5) is 5.69 Å². The van der Waals surface area contributed by atoms with E-state index >= 15 is 0 Å². The van der Waals surface area contributed by atoms with Gasteiger partial charge in [-0.15, -0.1) is 0 Å². The molecule has 1 saturated heterocycles. The molecule has 6 heteroatoms. The predicted octanol–water partition coefficient (Wildman–Crippen LogP) is 1.36. The number of anilines is 1. The van der Waals surface area contributed by atoms with Crippen molar-refractivity contribution >= 4 is 17.6 Å². The summed E-state index contributed by atoms with van der Waals surface area (Å²) in [5.41, 5.74) is 1.83. The van der Waals surface area contributed by atoms with Gasteiger partial charge < -0.3 is 20.1 Å². The number of carbonyl (C=O) groups is 2. The van der Waals surface area contributed by atoms with Gasteiger partial charge in [-0.25, -0.2) is 0 Å². The Bertz CT molecular complexity index is 588. The zero-order valence-corrected chi connectivity index (χ0v) is 12.4. The van der Waals surface area contributed by atoms with Crippen molar-refractivity contribution in [1.82, 2.24) is 4.90 Å². The Labute approximate surface area is 129 Å². The minimum absolute atomic E-state index is 0.0662. The summed E-state index contributed by atoms with van der Waals surface area (Å²) in [7, 11) is 0. The van der Waals surface area contributed by atoms with Crippen molar-refractivity contribution in [3.05, 3.63) is 23.8 Å². The van der Waals surface area contributed by atoms with Gasteiger partial charge in [-0.2, -0.15) is 0 Å². The number of carboxylic acids is 1. The van der Waals surface area contributed by atoms with E-state index in [1.807, 2.05) is 18.2 Å². The number of rotatable bonds is 4. The molecule has 2 aliphatic rings. The molecule has 0 aromatic heterocycles. The largest absolute Gasteiger partial charge is 0.482 e. The number of piperidine rings is 1. The summed E-state index contributed by atoms with van der Waals surface area (Å²) in [4.78, 5) is 24.6. The molecule has 1 unspecified atom stereocenters. The molecular weight excluding hydrogens is 284 g/mol. The molecule has 2 heterocycles. The first kappa shape index (κ1) is 14.8. The lowest BCUT2D eigenvalue weighted by atomic mass is 9.98. The van der Waals surface area contributed by atoms with E-state index in [-0.39, 0.29) is 18.4 Å². The average molecular weight is 304 g/mol. The van der Waals surface area contributed by atoms with Gasteiger partial charge in [-0.05, 0) is 43.5 Å². The number of nitrogens with zero attached hydrogens (tertiary/aromatic N) is 1. The molecule has 22 heavy (non-hydrogen) atoms. The van der Waals surface area contributed by atoms with E-state index in [2.05, 4.69) is 10.2 Å². The zero-order chi connectivity index (χ0) is 15.5. The van der Waals surface area contributed by atoms with Crippen LogP contribution in [0.25, 0.3) is 0 Å². The van der Waals surface area contributed by atoms with Crippen molar-refractivity contribution in [2.75, 3.05) is 31.6 Å². The van der Waals surface area contributed by atoms with Gasteiger partial charge in [0, 0.05) is 13.1 Å². The fourth-order valence-corrected chi connectivity index (χ4v) is 3.03. The number of likely N-dealkylation sites (tertiary alicyclic amines) is 1. The van der Waals surface area contributed by atoms with E-state index in [1.165, 1.54) is 0 Å². The number of nitrogens with one attached hydrogen (secondary N) is 1. The molecule has 6 nitrogen and oxygen atoms in total. The van der Waals surface area contributed by atoms with Gasteiger partial charge >= 0.3 is 5.97 Å². The molecule has 2 aliphatic heterocycles. The maximum atomic E-state index is 11.3. The molecule has 1 atom stereocenters. The van der Waals surface area contributed by atoms with Gasteiger partial charge in [0.1, 0.15) is 5.75 Å². The van der Waals surface area contributed by atoms with Crippen molar-refractivity contribution in [2.45, 2.75) is 19.3 Å². The van der Waals surface area contributed by atoms with E-state index in [0.717, 1.165) is 43.6 Å². The summed E-state index contributed by atoms with van der Waals surface area (Å²) in [6.45, 7) is 2.47. The lowest BCUT2D eigenvalue weighted by Crippen LogP contribution is -2.39. The Morgan fingerprint density at radius 3 is 3.14 bits per heavy atom. The van der Waals surface area contributed by atoms with Crippen molar-refractivity contribution in [3.8, 4) is 5.75 Å². The number of benzene rings is 1. The summed E-state index contributed by atoms with van der Waals surface area (Å²) in [5.74, 6) is -0.374. The number of hydrogen-bond acceptors (Lipinski definition) is 4. The first-order valence-electron chi connectivity index (χ1n) is 7.62. The SMILES string of the molecule is O=C1COc2ccc(CCN3CCCC(C(=O)O)C3)cc2N1. The molecule has 1 aromatic carbocycles. The zero-order valence-electron chi connectivity index (χ0n) is 12.4. The van der Waals surface area contributed by atoms with E-state index in [1.54, 1.807) is 0 Å². The number of fused-ring (bicyclic) bond motifs is 1. The van der Waals surface area contributed by atoms with Crippen molar-refractivity contribution in [2.24, 2.45) is 5.92 Å². The van der Waals surface area contributed by atoms with Gasteiger partial charge in [0.2, 0.25) is 0 Å². The summed E-state index contributed by atoms with van der Waals surface area (Å²) in [6.07, 6.45) is 2.54. The lowest BCUT2D eigenvalue weighted by molar-refractivity contribution is -0.143. The third-order valence-electron chi connectivity index (χ3n) is 4.25. The van der Waals surface area contributed by atoms with Gasteiger partial charge in [-0.1, -0.05) is 6.07 Å². The minimum Gasteiger partial charge on any atom is -0.482 e. The molecule has 0 spiro atoms. The molecule has 1 fully saturated rings. The van der Waals surface area contributed by atoms with Crippen LogP contribution in [0.3, 0.4) is 0 Å². The Morgan fingerprint density at radius 2 is 2.32 bits per heavy atom. The van der Waals surface area contributed by atoms with E-state index < -0.39 is 5.97 Å². The van der Waals surface area contributed by atoms with Crippen LogP contribution in [0.1, 0.15) is 18.4 Å². The van der Waals surface area contributed by atoms with Crippen molar-refractivity contribution < 1.29 is 19.4 Å². The smallest absolute Gasteiger partial charge is 0.307 e. The highest BCUT2D eigenvalue weighted by atomic mass is 16.5. The second kappa shape index (κ2) is 6.36. The highest BCUT2D eigenvalue weighted by Gasteiger charge is 2.25. The Morgan fingerprint density at radius 1 is 1.45 bits per heavy atom. The van der Waals surface area contributed by atoms with Crippen LogP contribution in [0.2, 0.25) is 0 Å². The van der Waals surface area contributed by atoms with Gasteiger partial charge in [0.15, 0.2) is 6.61 Å². The summed E-state index contributed by atoms with van der Waals surface area (Å²) in [6, 6.07) is 5.81. The number of amides is 1. The molecule has 0 bridgehead atoms. The van der Waals surface area contributed by atoms with E-state index in [0.29, 0.717) is 12.3 Å². The van der Waals surface area contributed by atoms with Crippen LogP contribution in [0, 0.1) is 5.92 Å². The maximum Gasteiger partial charge on any atom is 0.307 e. The number of hydrogen-bond donors (Lipinski definition) is 2. The minimum atomic E-state index is -0.696. The third kappa shape index (κ3) is 3.39. The van der Waals surface area contributed by atoms with Crippen LogP contribution in [-0.4, -0.2) is 48.1 Å². The molecular formula is C16H20N2O4. The fraction of sp³-hybridized carbons (Fsp3) is 0.500. The number of carboxylic acid groups (broad SMARTS) is 1. The van der Waals surface area contributed by atoms with Crippen LogP contribution in [0.15, 0.2) is 18.2 Å². The summed E-state index contributed by atoms with van der Waals surface area (Å²) in [5, 5.41) is 11.9. The van der Waals surface area contributed by atoms with Crippen molar-refractivity contribution in [1.29, 1.82) is 0 Å². The molecule has 1 amide bonds. The Balaban J connectivity index is 1.58. The maximum absolute atomic E-state index is 11.3. The van der Waals surface area contributed by atoms with Crippen LogP contribution >= 0.6 is 0 Å². The normalized spacial score (nSPS) is 21.6. The van der Waals surface area contributed by atoms with Crippen molar-refractivity contribution in [3.63, 3.8) is 0 Å². The molecule has 1 aromatic rings. The van der Waals surface area contributed by atoms with Gasteiger partial charge in [0.05, 0.1) is 11.6 Å². The van der Waals surface area contributed by atoms with Crippen LogP contribution in [0.5, 0.6) is 5.75 Å². The Kier molecular flexibility index (Phi) is 4.29. The number of ether oxygens (including phenoxy) is 1. The van der Waals surface area contributed by atoms with Gasteiger partial charge in [0.25, 0.3) is 5.91 Å². The first-order chi connectivity index (χ1) is 10.6. The quantitative estimate of drug-likeness (QED) is 0.878. The van der Waals surface area contributed by atoms with E-state index in [4.69, 9.17) is 9.84 Å². The van der Waals surface area contributed by atoms with E-state index in [9.17, 15) is 9.59 Å². The molecule has 0 saturated carbocycles. The topological polar surface area (TPSA) is 78.9 Å². The summed E-state index contributed by atoms with van der Waals surface area (Å²) < 4.78 is 5.34. The number of aliphatic carboxylic acids is 1. The predicted molar refractivity (Wildman–Crippen MR) is 81.1 cm³/mol. The number of carbonyl (C=O) groups excluding carboxylic acids is 1. The highest BCUT2D eigenvalue weighted by Crippen LogP contribution is 2.28. The molecule has 3 rings (SSSR count). The highest BCUT2D eigenvalue weighted by molar-refractivity contribution is 5.95. The lowest BCUT2D eigenvalue weighted by Gasteiger charge is -2.30. The average Bonchev–Trinajstić information content (AvgIpc) is 2.52. The van der Waals surface area contributed by atoms with Crippen LogP contribution in [-0.2, 0) is 16.0 Å². The standard InChI is InChI=1S/C16H20N2O4/c19-15-10-22-14-4-3-11(8-13(14)17-15)5-7-18-6-1-2-12(9-18)16(20)21/h3-4,8,12H,1-2,5-7,9-10H2,(H,17,19)(H,20,21). The second-order valence-corrected chi connectivity index (χ2v) is 5.90. The molecule has 0 aliphatic carbocycles. The molecule has 118 valence electrons. The monoisotopic (exact) mass is 304 g/mol. The first-order valence-corrected chi connectivity index (χ1v) is 7.62. The molecule has 0 radical (unpaired) electrons. The third-order valence-corrected chi connectivity index (χ3v) is 4.25. The second-order valence-electron chi connectivity index (χ2n) is 5.90. The van der Waals surface area contributed by atoms with Crippen LogP contribution < -0.4 is 10.1 Å². The molecule has 2 N–H and O–H groups in total. The van der Waals surface area contributed by atoms with Gasteiger partial charge in [-0.3, -0.25) is 9.59 Å². The Hall–Kier alpha value is -2.08. The fourth-order valence-electron chi connectivity index (χ4n) is 3.03.